The van der Waals surface area contributed by atoms with Gasteiger partial charge in [0.2, 0.25) is 0 Å². The number of rotatable bonds is 1. The zero-order chi connectivity index (χ0) is 13.2. The molecular formula is C16H16N2O. The van der Waals surface area contributed by atoms with Crippen LogP contribution < -0.4 is 4.90 Å². The van der Waals surface area contributed by atoms with Crippen LogP contribution in [0.4, 0.5) is 5.69 Å². The molecule has 0 bridgehead atoms. The van der Waals surface area contributed by atoms with E-state index in [9.17, 15) is 4.79 Å². The summed E-state index contributed by atoms with van der Waals surface area (Å²) in [4.78, 5) is 18.6. The van der Waals surface area contributed by atoms with Crippen LogP contribution in [-0.2, 0) is 6.42 Å². The number of pyridine rings is 1. The van der Waals surface area contributed by atoms with Crippen LogP contribution in [0, 0.1) is 6.92 Å². The van der Waals surface area contributed by atoms with Gasteiger partial charge in [0.1, 0.15) is 0 Å². The van der Waals surface area contributed by atoms with Crippen molar-refractivity contribution in [3.8, 4) is 0 Å². The number of carbonyl (C=O) groups excluding carboxylic acids is 1. The third-order valence-corrected chi connectivity index (χ3v) is 3.51. The molecule has 2 aromatic rings. The number of aromatic nitrogens is 1. The summed E-state index contributed by atoms with van der Waals surface area (Å²) < 4.78 is 0. The lowest BCUT2D eigenvalue weighted by Gasteiger charge is -2.29. The normalized spacial score (nSPS) is 14.1. The van der Waals surface area contributed by atoms with E-state index in [1.165, 1.54) is 0 Å². The van der Waals surface area contributed by atoms with Crippen molar-refractivity contribution < 1.29 is 4.79 Å². The molecule has 0 saturated carbocycles. The molecule has 3 nitrogen and oxygen atoms in total. The topological polar surface area (TPSA) is 33.2 Å². The van der Waals surface area contributed by atoms with E-state index < -0.39 is 0 Å². The van der Waals surface area contributed by atoms with E-state index >= 15 is 0 Å². The molecule has 96 valence electrons. The summed E-state index contributed by atoms with van der Waals surface area (Å²) in [6.45, 7) is 2.79. The second-order valence-corrected chi connectivity index (χ2v) is 4.93. The highest BCUT2D eigenvalue weighted by Crippen LogP contribution is 2.27. The van der Waals surface area contributed by atoms with E-state index in [4.69, 9.17) is 0 Å². The smallest absolute Gasteiger partial charge is 0.258 e. The van der Waals surface area contributed by atoms with Crippen molar-refractivity contribution in [1.82, 2.24) is 4.98 Å². The lowest BCUT2D eigenvalue weighted by molar-refractivity contribution is 0.0985. The minimum atomic E-state index is 0.0795. The molecule has 19 heavy (non-hydrogen) atoms. The molecular weight excluding hydrogens is 236 g/mol. The molecule has 0 saturated heterocycles. The molecule has 3 heteroatoms. The molecule has 0 aliphatic carbocycles. The Labute approximate surface area is 112 Å². The predicted octanol–water partition coefficient (Wildman–Crippen LogP) is 2.98. The highest BCUT2D eigenvalue weighted by molar-refractivity contribution is 6.06. The molecule has 1 amide bonds. The Balaban J connectivity index is 1.98. The first-order valence-electron chi connectivity index (χ1n) is 6.57. The van der Waals surface area contributed by atoms with Crippen LogP contribution in [0.25, 0.3) is 0 Å². The second-order valence-electron chi connectivity index (χ2n) is 4.93. The molecule has 0 radical (unpaired) electrons. The average Bonchev–Trinajstić information content (AvgIpc) is 2.46. The average molecular weight is 252 g/mol. The molecule has 2 heterocycles. The fourth-order valence-corrected chi connectivity index (χ4v) is 2.57. The van der Waals surface area contributed by atoms with Crippen LogP contribution in [0.5, 0.6) is 0 Å². The Bertz CT molecular complexity index is 622. The maximum atomic E-state index is 12.6. The molecule has 1 aromatic carbocycles. The van der Waals surface area contributed by atoms with Gasteiger partial charge in [-0.05, 0) is 43.5 Å². The highest BCUT2D eigenvalue weighted by atomic mass is 16.2. The van der Waals surface area contributed by atoms with Crippen molar-refractivity contribution in [2.45, 2.75) is 19.8 Å². The van der Waals surface area contributed by atoms with E-state index in [1.54, 1.807) is 6.20 Å². The van der Waals surface area contributed by atoms with E-state index in [0.29, 0.717) is 0 Å². The molecule has 0 fully saturated rings. The van der Waals surface area contributed by atoms with E-state index in [-0.39, 0.29) is 5.91 Å². The molecule has 1 aromatic heterocycles. The van der Waals surface area contributed by atoms with E-state index in [1.807, 2.05) is 48.4 Å². The molecule has 0 spiro atoms. The van der Waals surface area contributed by atoms with Crippen molar-refractivity contribution in [3.05, 3.63) is 59.4 Å². The lowest BCUT2D eigenvalue weighted by Crippen LogP contribution is -2.35. The van der Waals surface area contributed by atoms with Gasteiger partial charge < -0.3 is 4.90 Å². The van der Waals surface area contributed by atoms with Crippen LogP contribution in [0.1, 0.15) is 27.9 Å². The first-order chi connectivity index (χ1) is 9.25. The van der Waals surface area contributed by atoms with Gasteiger partial charge in [-0.15, -0.1) is 0 Å². The number of hydrogen-bond acceptors (Lipinski definition) is 2. The van der Waals surface area contributed by atoms with Gasteiger partial charge in [0.05, 0.1) is 5.69 Å². The summed E-state index contributed by atoms with van der Waals surface area (Å²) >= 11 is 0. The number of amides is 1. The summed E-state index contributed by atoms with van der Waals surface area (Å²) in [5.74, 6) is 0.0795. The maximum absolute atomic E-state index is 12.6. The summed E-state index contributed by atoms with van der Waals surface area (Å²) in [5, 5.41) is 0. The van der Waals surface area contributed by atoms with Crippen LogP contribution in [0.2, 0.25) is 0 Å². The Morgan fingerprint density at radius 2 is 2.21 bits per heavy atom. The number of fused-ring (bicyclic) bond motifs is 1. The van der Waals surface area contributed by atoms with E-state index in [0.717, 1.165) is 41.8 Å². The second kappa shape index (κ2) is 4.84. The van der Waals surface area contributed by atoms with Gasteiger partial charge in [-0.2, -0.15) is 0 Å². The van der Waals surface area contributed by atoms with Gasteiger partial charge in [-0.1, -0.05) is 17.7 Å². The minimum Gasteiger partial charge on any atom is -0.308 e. The Morgan fingerprint density at radius 1 is 1.32 bits per heavy atom. The molecule has 1 aliphatic rings. The largest absolute Gasteiger partial charge is 0.308 e. The van der Waals surface area contributed by atoms with Crippen molar-refractivity contribution in [3.63, 3.8) is 0 Å². The first-order valence-corrected chi connectivity index (χ1v) is 6.57. The number of nitrogens with zero attached hydrogens (tertiary/aromatic N) is 2. The minimum absolute atomic E-state index is 0.0795. The van der Waals surface area contributed by atoms with Crippen molar-refractivity contribution in [1.29, 1.82) is 0 Å². The molecule has 3 rings (SSSR count). The Morgan fingerprint density at radius 3 is 3.05 bits per heavy atom. The van der Waals surface area contributed by atoms with Crippen molar-refractivity contribution in [2.75, 3.05) is 11.4 Å². The SMILES string of the molecule is Cc1cccc(C(=O)N2CCCc3cnccc32)c1. The summed E-state index contributed by atoms with van der Waals surface area (Å²) in [7, 11) is 0. The zero-order valence-corrected chi connectivity index (χ0v) is 11.0. The monoisotopic (exact) mass is 252 g/mol. The number of benzene rings is 1. The van der Waals surface area contributed by atoms with Crippen molar-refractivity contribution >= 4 is 11.6 Å². The predicted molar refractivity (Wildman–Crippen MR) is 75.4 cm³/mol. The highest BCUT2D eigenvalue weighted by Gasteiger charge is 2.23. The number of aryl methyl sites for hydroxylation is 2. The number of anilines is 1. The summed E-state index contributed by atoms with van der Waals surface area (Å²) in [6.07, 6.45) is 5.61. The molecule has 0 unspecified atom stereocenters. The Kier molecular flexibility index (Phi) is 3.03. The lowest BCUT2D eigenvalue weighted by atomic mass is 10.0. The van der Waals surface area contributed by atoms with Crippen LogP contribution >= 0.6 is 0 Å². The van der Waals surface area contributed by atoms with Gasteiger partial charge in [-0.25, -0.2) is 0 Å². The van der Waals surface area contributed by atoms with Crippen LogP contribution in [0.15, 0.2) is 42.7 Å². The first kappa shape index (κ1) is 11.9. The van der Waals surface area contributed by atoms with Gasteiger partial charge in [0.15, 0.2) is 0 Å². The summed E-state index contributed by atoms with van der Waals surface area (Å²) in [5.41, 5.74) is 4.03. The number of hydrogen-bond donors (Lipinski definition) is 0. The third-order valence-electron chi connectivity index (χ3n) is 3.51. The summed E-state index contributed by atoms with van der Waals surface area (Å²) in [6, 6.07) is 9.69. The van der Waals surface area contributed by atoms with Gasteiger partial charge >= 0.3 is 0 Å². The third kappa shape index (κ3) is 2.24. The van der Waals surface area contributed by atoms with Crippen molar-refractivity contribution in [2.24, 2.45) is 0 Å². The van der Waals surface area contributed by atoms with Gasteiger partial charge in [0.25, 0.3) is 5.91 Å². The quantitative estimate of drug-likeness (QED) is 0.781. The van der Waals surface area contributed by atoms with E-state index in [2.05, 4.69) is 4.98 Å². The maximum Gasteiger partial charge on any atom is 0.258 e. The van der Waals surface area contributed by atoms with Gasteiger partial charge in [0, 0.05) is 24.5 Å². The molecule has 1 aliphatic heterocycles. The molecule has 0 N–H and O–H groups in total. The standard InChI is InChI=1S/C16H16N2O/c1-12-4-2-5-13(10-12)16(19)18-9-3-6-14-11-17-8-7-15(14)18/h2,4-5,7-8,10-11H,3,6,9H2,1H3. The van der Waals surface area contributed by atoms with Crippen LogP contribution in [-0.4, -0.2) is 17.4 Å². The number of carbonyl (C=O) groups is 1. The molecule has 0 atom stereocenters. The zero-order valence-electron chi connectivity index (χ0n) is 11.0. The Hall–Kier alpha value is -2.16. The fraction of sp³-hybridized carbons (Fsp3) is 0.250. The van der Waals surface area contributed by atoms with Gasteiger partial charge in [-0.3, -0.25) is 9.78 Å². The van der Waals surface area contributed by atoms with Crippen LogP contribution in [0.3, 0.4) is 0 Å². The fourth-order valence-electron chi connectivity index (χ4n) is 2.57.